The van der Waals surface area contributed by atoms with E-state index in [1.54, 1.807) is 0 Å². The molecule has 17 heavy (non-hydrogen) atoms. The lowest BCUT2D eigenvalue weighted by molar-refractivity contribution is 0.0676. The van der Waals surface area contributed by atoms with Crippen LogP contribution in [0.4, 0.5) is 0 Å². The number of β-amino-alcohol motifs (C(OH)–C–C–N with tert-alkyl or cyclic N) is 1. The predicted octanol–water partition coefficient (Wildman–Crippen LogP) is 1.52. The van der Waals surface area contributed by atoms with Crippen LogP contribution in [0.3, 0.4) is 0 Å². The van der Waals surface area contributed by atoms with E-state index < -0.39 is 5.60 Å². The molecule has 0 saturated carbocycles. The third kappa shape index (κ3) is 2.18. The lowest BCUT2D eigenvalue weighted by atomic mass is 10.1. The standard InChI is InChI=1S/C13H17N3O/c1-13(17)6-7-16(9-13)8-12-14-10-4-2-3-5-11(10)15-12/h2-5,17H,6-9H2,1H3,(H,14,15). The molecule has 1 aliphatic heterocycles. The van der Waals surface area contributed by atoms with Crippen LogP contribution in [0, 0.1) is 0 Å². The van der Waals surface area contributed by atoms with Crippen LogP contribution in [0.15, 0.2) is 24.3 Å². The molecule has 1 aromatic carbocycles. The largest absolute Gasteiger partial charge is 0.389 e. The number of para-hydroxylation sites is 2. The van der Waals surface area contributed by atoms with Crippen molar-refractivity contribution in [2.45, 2.75) is 25.5 Å². The van der Waals surface area contributed by atoms with Gasteiger partial charge in [0.15, 0.2) is 0 Å². The van der Waals surface area contributed by atoms with Crippen molar-refractivity contribution in [1.82, 2.24) is 14.9 Å². The quantitative estimate of drug-likeness (QED) is 0.824. The summed E-state index contributed by atoms with van der Waals surface area (Å²) in [6.45, 7) is 4.34. The fourth-order valence-electron chi connectivity index (χ4n) is 2.47. The molecule has 2 N–H and O–H groups in total. The average molecular weight is 231 g/mol. The summed E-state index contributed by atoms with van der Waals surface area (Å²) in [7, 11) is 0. The van der Waals surface area contributed by atoms with Gasteiger partial charge in [-0.3, -0.25) is 4.90 Å². The van der Waals surface area contributed by atoms with Gasteiger partial charge in [0.1, 0.15) is 5.82 Å². The SMILES string of the molecule is CC1(O)CCN(Cc2nc3ccccc3[nH]2)C1. The summed E-state index contributed by atoms with van der Waals surface area (Å²) in [5.74, 6) is 0.976. The highest BCUT2D eigenvalue weighted by Crippen LogP contribution is 2.22. The Bertz CT molecular complexity index is 499. The van der Waals surface area contributed by atoms with E-state index in [0.29, 0.717) is 0 Å². The molecular weight excluding hydrogens is 214 g/mol. The van der Waals surface area contributed by atoms with Crippen LogP contribution in [0.2, 0.25) is 0 Å². The van der Waals surface area contributed by atoms with Crippen molar-refractivity contribution in [3.05, 3.63) is 30.1 Å². The Morgan fingerprint density at radius 3 is 3.00 bits per heavy atom. The van der Waals surface area contributed by atoms with Crippen LogP contribution < -0.4 is 0 Å². The lowest BCUT2D eigenvalue weighted by Gasteiger charge is -2.17. The first-order valence-electron chi connectivity index (χ1n) is 6.01. The minimum absolute atomic E-state index is 0.536. The third-order valence-corrected chi connectivity index (χ3v) is 3.34. The van der Waals surface area contributed by atoms with Gasteiger partial charge in [-0.25, -0.2) is 4.98 Å². The number of imidazole rings is 1. The second-order valence-corrected chi connectivity index (χ2v) is 5.16. The molecule has 1 atom stereocenters. The minimum Gasteiger partial charge on any atom is -0.389 e. The predicted molar refractivity (Wildman–Crippen MR) is 66.6 cm³/mol. The van der Waals surface area contributed by atoms with Crippen molar-refractivity contribution in [2.24, 2.45) is 0 Å². The lowest BCUT2D eigenvalue weighted by Crippen LogP contribution is -2.29. The van der Waals surface area contributed by atoms with Crippen molar-refractivity contribution in [2.75, 3.05) is 13.1 Å². The van der Waals surface area contributed by atoms with E-state index in [9.17, 15) is 5.11 Å². The molecule has 1 saturated heterocycles. The molecule has 1 aromatic heterocycles. The molecule has 4 nitrogen and oxygen atoms in total. The molecule has 1 unspecified atom stereocenters. The van der Waals surface area contributed by atoms with Gasteiger partial charge in [-0.05, 0) is 25.5 Å². The monoisotopic (exact) mass is 231 g/mol. The smallest absolute Gasteiger partial charge is 0.121 e. The Morgan fingerprint density at radius 1 is 1.47 bits per heavy atom. The molecule has 0 amide bonds. The van der Waals surface area contributed by atoms with Crippen LogP contribution in [0.1, 0.15) is 19.2 Å². The van der Waals surface area contributed by atoms with Gasteiger partial charge in [0.25, 0.3) is 0 Å². The molecule has 4 heteroatoms. The zero-order chi connectivity index (χ0) is 11.9. The number of hydrogen-bond acceptors (Lipinski definition) is 3. The van der Waals surface area contributed by atoms with E-state index in [4.69, 9.17) is 0 Å². The topological polar surface area (TPSA) is 52.1 Å². The van der Waals surface area contributed by atoms with E-state index in [1.165, 1.54) is 0 Å². The molecule has 2 heterocycles. The van der Waals surface area contributed by atoms with Crippen LogP contribution in [-0.2, 0) is 6.54 Å². The highest BCUT2D eigenvalue weighted by molar-refractivity contribution is 5.74. The first kappa shape index (κ1) is 10.7. The number of aliphatic hydroxyl groups is 1. The molecule has 0 spiro atoms. The molecule has 90 valence electrons. The van der Waals surface area contributed by atoms with E-state index in [1.807, 2.05) is 31.2 Å². The normalized spacial score (nSPS) is 25.8. The zero-order valence-corrected chi connectivity index (χ0v) is 9.98. The van der Waals surface area contributed by atoms with Gasteiger partial charge >= 0.3 is 0 Å². The van der Waals surface area contributed by atoms with Gasteiger partial charge in [-0.15, -0.1) is 0 Å². The molecule has 2 aromatic rings. The summed E-state index contributed by atoms with van der Waals surface area (Å²) in [6, 6.07) is 8.04. The number of fused-ring (bicyclic) bond motifs is 1. The summed E-state index contributed by atoms with van der Waals surface area (Å²) < 4.78 is 0. The van der Waals surface area contributed by atoms with Gasteiger partial charge in [-0.1, -0.05) is 12.1 Å². The summed E-state index contributed by atoms with van der Waals surface area (Å²) in [4.78, 5) is 10.1. The highest BCUT2D eigenvalue weighted by Gasteiger charge is 2.31. The molecule has 1 aliphatic rings. The van der Waals surface area contributed by atoms with Gasteiger partial charge in [-0.2, -0.15) is 0 Å². The molecule has 3 rings (SSSR count). The number of aromatic nitrogens is 2. The van der Waals surface area contributed by atoms with Crippen LogP contribution in [-0.4, -0.2) is 38.7 Å². The summed E-state index contributed by atoms with van der Waals surface area (Å²) in [6.07, 6.45) is 0.841. The molecular formula is C13H17N3O. The minimum atomic E-state index is -0.536. The van der Waals surface area contributed by atoms with Crippen LogP contribution >= 0.6 is 0 Å². The average Bonchev–Trinajstić information content (AvgIpc) is 2.81. The maximum Gasteiger partial charge on any atom is 0.121 e. The van der Waals surface area contributed by atoms with Crippen molar-refractivity contribution < 1.29 is 5.11 Å². The Labute approximate surface area is 100 Å². The Morgan fingerprint density at radius 2 is 2.29 bits per heavy atom. The highest BCUT2D eigenvalue weighted by atomic mass is 16.3. The fraction of sp³-hybridized carbons (Fsp3) is 0.462. The van der Waals surface area contributed by atoms with Gasteiger partial charge in [0, 0.05) is 13.1 Å². The summed E-state index contributed by atoms with van der Waals surface area (Å²) >= 11 is 0. The first-order chi connectivity index (χ1) is 8.12. The third-order valence-electron chi connectivity index (χ3n) is 3.34. The Balaban J connectivity index is 1.77. The molecule has 1 fully saturated rings. The van der Waals surface area contributed by atoms with Crippen molar-refractivity contribution >= 4 is 11.0 Å². The van der Waals surface area contributed by atoms with E-state index in [0.717, 1.165) is 42.9 Å². The number of nitrogens with one attached hydrogen (secondary N) is 1. The second-order valence-electron chi connectivity index (χ2n) is 5.16. The second kappa shape index (κ2) is 3.82. The number of aromatic amines is 1. The number of H-pyrrole nitrogens is 1. The number of rotatable bonds is 2. The first-order valence-corrected chi connectivity index (χ1v) is 6.01. The van der Waals surface area contributed by atoms with Crippen LogP contribution in [0.25, 0.3) is 11.0 Å². The number of benzene rings is 1. The van der Waals surface area contributed by atoms with Gasteiger partial charge in [0.2, 0.25) is 0 Å². The van der Waals surface area contributed by atoms with Crippen LogP contribution in [0.5, 0.6) is 0 Å². The summed E-state index contributed by atoms with van der Waals surface area (Å²) in [5.41, 5.74) is 1.55. The van der Waals surface area contributed by atoms with Gasteiger partial charge < -0.3 is 10.1 Å². The maximum absolute atomic E-state index is 9.91. The van der Waals surface area contributed by atoms with Crippen molar-refractivity contribution in [3.63, 3.8) is 0 Å². The van der Waals surface area contributed by atoms with E-state index >= 15 is 0 Å². The van der Waals surface area contributed by atoms with Gasteiger partial charge in [0.05, 0.1) is 23.2 Å². The number of nitrogens with zero attached hydrogens (tertiary/aromatic N) is 2. The Kier molecular flexibility index (Phi) is 2.42. The number of hydrogen-bond donors (Lipinski definition) is 2. The molecule has 0 radical (unpaired) electrons. The fourth-order valence-corrected chi connectivity index (χ4v) is 2.47. The zero-order valence-electron chi connectivity index (χ0n) is 9.98. The summed E-state index contributed by atoms with van der Waals surface area (Å²) in [5, 5.41) is 9.91. The number of likely N-dealkylation sites (tertiary alicyclic amines) is 1. The van der Waals surface area contributed by atoms with E-state index in [2.05, 4.69) is 14.9 Å². The van der Waals surface area contributed by atoms with Crippen molar-refractivity contribution in [1.29, 1.82) is 0 Å². The van der Waals surface area contributed by atoms with Crippen molar-refractivity contribution in [3.8, 4) is 0 Å². The Hall–Kier alpha value is -1.39. The van der Waals surface area contributed by atoms with E-state index in [-0.39, 0.29) is 0 Å². The maximum atomic E-state index is 9.91. The molecule has 0 bridgehead atoms. The molecule has 0 aliphatic carbocycles.